The number of pyridine rings is 1. The minimum absolute atomic E-state index is 0.134. The number of halogens is 4. The van der Waals surface area contributed by atoms with Crippen LogP contribution in [-0.2, 0) is 11.0 Å². The second kappa shape index (κ2) is 9.61. The highest BCUT2D eigenvalue weighted by atomic mass is 35.5. The summed E-state index contributed by atoms with van der Waals surface area (Å²) in [7, 11) is 0. The summed E-state index contributed by atoms with van der Waals surface area (Å²) < 4.78 is 45.3. The van der Waals surface area contributed by atoms with E-state index < -0.39 is 34.5 Å². The summed E-state index contributed by atoms with van der Waals surface area (Å²) in [6.07, 6.45) is -3.38. The van der Waals surface area contributed by atoms with Gasteiger partial charge in [-0.3, -0.25) is 4.98 Å². The number of carboxylic acids is 1. The number of rotatable bonds is 6. The number of carboxylic acid groups (broad SMARTS) is 1. The van der Waals surface area contributed by atoms with E-state index in [4.69, 9.17) is 21.4 Å². The van der Waals surface area contributed by atoms with Crippen molar-refractivity contribution in [3.05, 3.63) is 83.7 Å². The molecular formula is C22H15ClF3N3O4. The van der Waals surface area contributed by atoms with Gasteiger partial charge in [0.2, 0.25) is 0 Å². The molecule has 11 heteroatoms. The number of carbonyl (C=O) groups is 2. The second-order valence-corrected chi connectivity index (χ2v) is 6.93. The number of nitrogens with zero attached hydrogens (tertiary/aromatic N) is 1. The van der Waals surface area contributed by atoms with Gasteiger partial charge in [0.25, 0.3) is 0 Å². The highest BCUT2D eigenvalue weighted by Crippen LogP contribution is 2.39. The summed E-state index contributed by atoms with van der Waals surface area (Å²) in [6, 6.07) is 11.4. The lowest BCUT2D eigenvalue weighted by Crippen LogP contribution is -2.22. The van der Waals surface area contributed by atoms with Gasteiger partial charge in [-0.15, -0.1) is 0 Å². The zero-order chi connectivity index (χ0) is 24.2. The number of hydrogen-bond donors (Lipinski definition) is 3. The molecule has 2 aromatic carbocycles. The topological polar surface area (TPSA) is 101 Å². The van der Waals surface area contributed by atoms with E-state index in [-0.39, 0.29) is 17.0 Å². The number of anilines is 2. The molecule has 0 spiro atoms. The number of urea groups is 1. The van der Waals surface area contributed by atoms with Gasteiger partial charge in [0.05, 0.1) is 27.5 Å². The van der Waals surface area contributed by atoms with E-state index in [2.05, 4.69) is 22.2 Å². The molecule has 1 aromatic heterocycles. The highest BCUT2D eigenvalue weighted by molar-refractivity contribution is 6.32. The van der Waals surface area contributed by atoms with Crippen LogP contribution >= 0.6 is 11.6 Å². The Morgan fingerprint density at radius 3 is 2.36 bits per heavy atom. The van der Waals surface area contributed by atoms with E-state index in [0.717, 1.165) is 12.1 Å². The molecule has 0 unspecified atom stereocenters. The Kier molecular flexibility index (Phi) is 6.88. The highest BCUT2D eigenvalue weighted by Gasteiger charge is 2.36. The van der Waals surface area contributed by atoms with Gasteiger partial charge in [0.1, 0.15) is 11.5 Å². The minimum Gasteiger partial charge on any atom is -0.478 e. The van der Waals surface area contributed by atoms with Crippen LogP contribution in [0.3, 0.4) is 0 Å². The Labute approximate surface area is 190 Å². The van der Waals surface area contributed by atoms with E-state index >= 15 is 0 Å². The largest absolute Gasteiger partial charge is 0.478 e. The van der Waals surface area contributed by atoms with Gasteiger partial charge in [0, 0.05) is 18.0 Å². The SMILES string of the molecule is C=C(C(=O)O)c1cc(Oc2ccc(NC(=O)Nc3cccc(Cl)c3C(F)(F)F)cc2)ccn1. The van der Waals surface area contributed by atoms with Crippen LogP contribution in [0.4, 0.5) is 29.3 Å². The van der Waals surface area contributed by atoms with Crippen molar-refractivity contribution in [1.82, 2.24) is 4.98 Å². The lowest BCUT2D eigenvalue weighted by atomic mass is 10.1. The third kappa shape index (κ3) is 6.01. The Hall–Kier alpha value is -4.05. The van der Waals surface area contributed by atoms with Gasteiger partial charge in [0.15, 0.2) is 0 Å². The Morgan fingerprint density at radius 2 is 1.73 bits per heavy atom. The Bertz CT molecular complexity index is 1210. The molecule has 3 aromatic rings. The molecule has 170 valence electrons. The number of ether oxygens (including phenoxy) is 1. The molecule has 1 heterocycles. The third-order valence-corrected chi connectivity index (χ3v) is 4.51. The molecule has 0 saturated heterocycles. The van der Waals surface area contributed by atoms with Gasteiger partial charge < -0.3 is 20.5 Å². The van der Waals surface area contributed by atoms with Gasteiger partial charge >= 0.3 is 18.2 Å². The van der Waals surface area contributed by atoms with E-state index in [1.54, 1.807) is 0 Å². The van der Waals surface area contributed by atoms with Crippen LogP contribution in [0.15, 0.2) is 67.4 Å². The normalized spacial score (nSPS) is 10.9. The lowest BCUT2D eigenvalue weighted by molar-refractivity contribution is -0.136. The maximum atomic E-state index is 13.2. The third-order valence-electron chi connectivity index (χ3n) is 4.19. The van der Waals surface area contributed by atoms with Gasteiger partial charge in [-0.1, -0.05) is 24.2 Å². The van der Waals surface area contributed by atoms with E-state index in [0.29, 0.717) is 11.5 Å². The quantitative estimate of drug-likeness (QED) is 0.362. The molecule has 0 saturated carbocycles. The summed E-state index contributed by atoms with van der Waals surface area (Å²) in [5.74, 6) is -0.553. The number of alkyl halides is 3. The fourth-order valence-electron chi connectivity index (χ4n) is 2.69. The first-order chi connectivity index (χ1) is 15.5. The van der Waals surface area contributed by atoms with Crippen molar-refractivity contribution in [3.8, 4) is 11.5 Å². The monoisotopic (exact) mass is 477 g/mol. The number of aromatic nitrogens is 1. The van der Waals surface area contributed by atoms with Crippen LogP contribution in [0.2, 0.25) is 5.02 Å². The second-order valence-electron chi connectivity index (χ2n) is 6.53. The lowest BCUT2D eigenvalue weighted by Gasteiger charge is -2.15. The summed E-state index contributed by atoms with van der Waals surface area (Å²) in [4.78, 5) is 27.1. The molecule has 0 aliphatic rings. The first-order valence-electron chi connectivity index (χ1n) is 9.15. The van der Waals surface area contributed by atoms with Gasteiger partial charge in [-0.2, -0.15) is 13.2 Å². The number of hydrogen-bond acceptors (Lipinski definition) is 4. The average Bonchev–Trinajstić information content (AvgIpc) is 2.73. The van der Waals surface area contributed by atoms with Crippen molar-refractivity contribution in [2.75, 3.05) is 10.6 Å². The standard InChI is InChI=1S/C22H15ClF3N3O4/c1-12(20(30)31)18-11-15(9-10-27-18)33-14-7-5-13(6-8-14)28-21(32)29-17-4-2-3-16(23)19(17)22(24,25)26/h2-11H,1H2,(H,30,31)(H2,28,29,32). The zero-order valence-electron chi connectivity index (χ0n) is 16.6. The number of aliphatic carboxylic acids is 1. The van der Waals surface area contributed by atoms with Crippen molar-refractivity contribution in [2.45, 2.75) is 6.18 Å². The van der Waals surface area contributed by atoms with Crippen LogP contribution in [0.25, 0.3) is 5.57 Å². The van der Waals surface area contributed by atoms with Crippen molar-refractivity contribution in [1.29, 1.82) is 0 Å². The summed E-state index contributed by atoms with van der Waals surface area (Å²) in [6.45, 7) is 3.43. The predicted octanol–water partition coefficient (Wildman–Crippen LogP) is 6.29. The van der Waals surface area contributed by atoms with Crippen LogP contribution in [-0.4, -0.2) is 22.1 Å². The summed E-state index contributed by atoms with van der Waals surface area (Å²) in [5.41, 5.74) is -1.41. The first-order valence-corrected chi connectivity index (χ1v) is 9.52. The molecule has 0 fully saturated rings. The predicted molar refractivity (Wildman–Crippen MR) is 117 cm³/mol. The number of benzene rings is 2. The van der Waals surface area contributed by atoms with E-state index in [9.17, 15) is 22.8 Å². The minimum atomic E-state index is -4.75. The summed E-state index contributed by atoms with van der Waals surface area (Å²) >= 11 is 5.64. The number of amides is 2. The average molecular weight is 478 g/mol. The van der Waals surface area contributed by atoms with Crippen molar-refractivity contribution >= 4 is 40.5 Å². The molecule has 0 aliphatic heterocycles. The fourth-order valence-corrected chi connectivity index (χ4v) is 2.97. The maximum absolute atomic E-state index is 13.2. The van der Waals surface area contributed by atoms with Crippen molar-refractivity contribution in [3.63, 3.8) is 0 Å². The van der Waals surface area contributed by atoms with Crippen LogP contribution in [0, 0.1) is 0 Å². The fraction of sp³-hybridized carbons (Fsp3) is 0.0455. The molecule has 0 atom stereocenters. The van der Waals surface area contributed by atoms with Crippen LogP contribution < -0.4 is 15.4 Å². The first kappa shape index (κ1) is 23.6. The molecule has 0 radical (unpaired) electrons. The molecule has 2 amide bonds. The van der Waals surface area contributed by atoms with Crippen LogP contribution in [0.1, 0.15) is 11.3 Å². The smallest absolute Gasteiger partial charge is 0.419 e. The van der Waals surface area contributed by atoms with E-state index in [1.165, 1.54) is 48.7 Å². The molecule has 7 nitrogen and oxygen atoms in total. The number of carbonyl (C=O) groups excluding carboxylic acids is 1. The van der Waals surface area contributed by atoms with E-state index in [1.807, 2.05) is 0 Å². The van der Waals surface area contributed by atoms with Crippen LogP contribution in [0.5, 0.6) is 11.5 Å². The Morgan fingerprint density at radius 1 is 1.03 bits per heavy atom. The molecule has 0 bridgehead atoms. The molecule has 33 heavy (non-hydrogen) atoms. The number of nitrogens with one attached hydrogen (secondary N) is 2. The molecule has 3 N–H and O–H groups in total. The molecule has 3 rings (SSSR count). The van der Waals surface area contributed by atoms with Crippen molar-refractivity contribution < 1.29 is 32.6 Å². The van der Waals surface area contributed by atoms with Gasteiger partial charge in [-0.25, -0.2) is 9.59 Å². The zero-order valence-corrected chi connectivity index (χ0v) is 17.4. The van der Waals surface area contributed by atoms with Crippen molar-refractivity contribution in [2.24, 2.45) is 0 Å². The molecule has 0 aliphatic carbocycles. The maximum Gasteiger partial charge on any atom is 0.419 e. The Balaban J connectivity index is 1.67. The summed E-state index contributed by atoms with van der Waals surface area (Å²) in [5, 5.41) is 13.0. The molecular weight excluding hydrogens is 463 g/mol. The van der Waals surface area contributed by atoms with Gasteiger partial charge in [-0.05, 0) is 42.5 Å².